The molecule has 0 radical (unpaired) electrons. The molecule has 15 heavy (non-hydrogen) atoms. The molecule has 0 aromatic carbocycles. The van der Waals surface area contributed by atoms with Gasteiger partial charge in [0.1, 0.15) is 0 Å². The summed E-state index contributed by atoms with van der Waals surface area (Å²) in [5.74, 6) is 0.484. The van der Waals surface area contributed by atoms with E-state index in [0.717, 1.165) is 13.1 Å². The lowest BCUT2D eigenvalue weighted by molar-refractivity contribution is 0.113. The standard InChI is InChI=1S/C11H23NO2S/c1-8(2)12-6-9(3)11(10(4)7-12)15(5,13)14/h8-11H,6-7H2,1-5H3/t9-,10-/m0/s1. The van der Waals surface area contributed by atoms with E-state index >= 15 is 0 Å². The van der Waals surface area contributed by atoms with Crippen molar-refractivity contribution in [2.24, 2.45) is 11.8 Å². The molecule has 1 aliphatic heterocycles. The zero-order valence-corrected chi connectivity index (χ0v) is 11.2. The quantitative estimate of drug-likeness (QED) is 0.723. The second kappa shape index (κ2) is 4.42. The number of piperidine rings is 1. The third-order valence-electron chi connectivity index (χ3n) is 3.39. The fourth-order valence-corrected chi connectivity index (χ4v) is 4.71. The maximum atomic E-state index is 11.7. The van der Waals surface area contributed by atoms with E-state index in [1.165, 1.54) is 6.26 Å². The highest BCUT2D eigenvalue weighted by molar-refractivity contribution is 7.91. The minimum atomic E-state index is -2.90. The number of rotatable bonds is 2. The summed E-state index contributed by atoms with van der Waals surface area (Å²) in [6.45, 7) is 10.2. The van der Waals surface area contributed by atoms with Gasteiger partial charge in [-0.25, -0.2) is 8.42 Å². The summed E-state index contributed by atoms with van der Waals surface area (Å²) in [5, 5.41) is -0.160. The van der Waals surface area contributed by atoms with Gasteiger partial charge in [0.25, 0.3) is 0 Å². The second-order valence-electron chi connectivity index (χ2n) is 5.30. The van der Waals surface area contributed by atoms with E-state index in [4.69, 9.17) is 0 Å². The van der Waals surface area contributed by atoms with E-state index in [1.807, 2.05) is 0 Å². The van der Waals surface area contributed by atoms with Crippen LogP contribution < -0.4 is 0 Å². The van der Waals surface area contributed by atoms with Crippen molar-refractivity contribution >= 4 is 9.84 Å². The molecule has 0 bridgehead atoms. The van der Waals surface area contributed by atoms with Gasteiger partial charge in [-0.2, -0.15) is 0 Å². The molecule has 4 heteroatoms. The van der Waals surface area contributed by atoms with E-state index in [9.17, 15) is 8.42 Å². The summed E-state index contributed by atoms with van der Waals surface area (Å²) in [5.41, 5.74) is 0. The van der Waals surface area contributed by atoms with Crippen LogP contribution in [0, 0.1) is 11.8 Å². The Hall–Kier alpha value is -0.0900. The van der Waals surface area contributed by atoms with Crippen LogP contribution >= 0.6 is 0 Å². The van der Waals surface area contributed by atoms with Crippen LogP contribution in [0.5, 0.6) is 0 Å². The molecule has 1 fully saturated rings. The van der Waals surface area contributed by atoms with Crippen LogP contribution in [0.3, 0.4) is 0 Å². The number of likely N-dealkylation sites (tertiary alicyclic amines) is 1. The fraction of sp³-hybridized carbons (Fsp3) is 1.00. The van der Waals surface area contributed by atoms with Crippen LogP contribution in [-0.4, -0.2) is 44.0 Å². The Morgan fingerprint density at radius 2 is 1.53 bits per heavy atom. The first kappa shape index (κ1) is 13.0. The van der Waals surface area contributed by atoms with Crippen molar-refractivity contribution in [2.45, 2.75) is 39.0 Å². The Labute approximate surface area is 93.8 Å². The minimum absolute atomic E-state index is 0.160. The molecule has 1 rings (SSSR count). The van der Waals surface area contributed by atoms with E-state index in [0.29, 0.717) is 6.04 Å². The summed E-state index contributed by atoms with van der Waals surface area (Å²) >= 11 is 0. The molecule has 0 unspecified atom stereocenters. The smallest absolute Gasteiger partial charge is 0.150 e. The van der Waals surface area contributed by atoms with E-state index < -0.39 is 9.84 Å². The summed E-state index contributed by atoms with van der Waals surface area (Å²) in [4.78, 5) is 2.37. The fourth-order valence-electron chi connectivity index (χ4n) is 2.85. The van der Waals surface area contributed by atoms with E-state index in [1.54, 1.807) is 0 Å². The molecule has 0 saturated carbocycles. The SMILES string of the molecule is CC(C)N1C[C@H](C)C(S(C)(=O)=O)[C@@H](C)C1. The van der Waals surface area contributed by atoms with Crippen molar-refractivity contribution in [2.75, 3.05) is 19.3 Å². The molecule has 2 atom stereocenters. The summed E-state index contributed by atoms with van der Waals surface area (Å²) in [6, 6.07) is 0.510. The second-order valence-corrected chi connectivity index (χ2v) is 7.50. The van der Waals surface area contributed by atoms with Gasteiger partial charge in [0.15, 0.2) is 9.84 Å². The molecule has 0 spiro atoms. The van der Waals surface area contributed by atoms with Crippen LogP contribution in [0.1, 0.15) is 27.7 Å². The molecule has 0 aliphatic carbocycles. The minimum Gasteiger partial charge on any atom is -0.300 e. The van der Waals surface area contributed by atoms with Crippen molar-refractivity contribution in [3.63, 3.8) is 0 Å². The highest BCUT2D eigenvalue weighted by Gasteiger charge is 2.38. The zero-order valence-electron chi connectivity index (χ0n) is 10.4. The Kier molecular flexibility index (Phi) is 3.82. The monoisotopic (exact) mass is 233 g/mol. The number of hydrogen-bond acceptors (Lipinski definition) is 3. The Morgan fingerprint density at radius 1 is 1.13 bits per heavy atom. The molecule has 0 amide bonds. The molecule has 0 aromatic heterocycles. The van der Waals surface area contributed by atoms with Gasteiger partial charge in [-0.05, 0) is 25.7 Å². The predicted octanol–water partition coefficient (Wildman–Crippen LogP) is 1.40. The van der Waals surface area contributed by atoms with Gasteiger partial charge in [-0.1, -0.05) is 13.8 Å². The lowest BCUT2D eigenvalue weighted by Gasteiger charge is -2.42. The first-order valence-electron chi connectivity index (χ1n) is 5.66. The maximum absolute atomic E-state index is 11.7. The largest absolute Gasteiger partial charge is 0.300 e. The van der Waals surface area contributed by atoms with Gasteiger partial charge in [0.2, 0.25) is 0 Å². The molecule has 1 heterocycles. The van der Waals surface area contributed by atoms with Crippen LogP contribution in [0.2, 0.25) is 0 Å². The molecular formula is C11H23NO2S. The van der Waals surface area contributed by atoms with Gasteiger partial charge in [0, 0.05) is 25.4 Å². The number of hydrogen-bond donors (Lipinski definition) is 0. The third-order valence-corrected chi connectivity index (χ3v) is 5.31. The molecule has 3 nitrogen and oxygen atoms in total. The summed E-state index contributed by atoms with van der Waals surface area (Å²) in [7, 11) is -2.90. The summed E-state index contributed by atoms with van der Waals surface area (Å²) in [6.07, 6.45) is 1.37. The lowest BCUT2D eigenvalue weighted by Crippen LogP contribution is -2.52. The summed E-state index contributed by atoms with van der Waals surface area (Å²) < 4.78 is 23.3. The molecule has 1 aliphatic rings. The normalized spacial score (nSPS) is 31.1. The molecule has 0 aromatic rings. The van der Waals surface area contributed by atoms with Crippen molar-refractivity contribution in [1.29, 1.82) is 0 Å². The average Bonchev–Trinajstić information content (AvgIpc) is 1.99. The van der Waals surface area contributed by atoms with Crippen molar-refractivity contribution < 1.29 is 8.42 Å². The van der Waals surface area contributed by atoms with Crippen molar-refractivity contribution in [3.8, 4) is 0 Å². The predicted molar refractivity (Wildman–Crippen MR) is 63.7 cm³/mol. The van der Waals surface area contributed by atoms with Crippen LogP contribution in [0.4, 0.5) is 0 Å². The number of nitrogens with zero attached hydrogens (tertiary/aromatic N) is 1. The molecular weight excluding hydrogens is 210 g/mol. The van der Waals surface area contributed by atoms with Gasteiger partial charge in [-0.3, -0.25) is 0 Å². The Bertz CT molecular complexity index is 299. The first-order chi connectivity index (χ1) is 6.73. The third kappa shape index (κ3) is 2.94. The van der Waals surface area contributed by atoms with E-state index in [-0.39, 0.29) is 17.1 Å². The van der Waals surface area contributed by atoms with Crippen molar-refractivity contribution in [1.82, 2.24) is 4.90 Å². The molecule has 90 valence electrons. The Morgan fingerprint density at radius 3 is 1.80 bits per heavy atom. The van der Waals surface area contributed by atoms with Crippen molar-refractivity contribution in [3.05, 3.63) is 0 Å². The van der Waals surface area contributed by atoms with Crippen LogP contribution in [-0.2, 0) is 9.84 Å². The first-order valence-corrected chi connectivity index (χ1v) is 7.62. The number of sulfone groups is 1. The average molecular weight is 233 g/mol. The van der Waals surface area contributed by atoms with Crippen LogP contribution in [0.15, 0.2) is 0 Å². The molecule has 1 saturated heterocycles. The topological polar surface area (TPSA) is 37.4 Å². The van der Waals surface area contributed by atoms with E-state index in [2.05, 4.69) is 32.6 Å². The highest BCUT2D eigenvalue weighted by Crippen LogP contribution is 2.28. The zero-order chi connectivity index (χ0) is 11.8. The van der Waals surface area contributed by atoms with Gasteiger partial charge >= 0.3 is 0 Å². The Balaban J connectivity index is 2.82. The lowest BCUT2D eigenvalue weighted by atomic mass is 9.90. The van der Waals surface area contributed by atoms with Gasteiger partial charge in [0.05, 0.1) is 5.25 Å². The van der Waals surface area contributed by atoms with Gasteiger partial charge in [-0.15, -0.1) is 0 Å². The molecule has 0 N–H and O–H groups in total. The van der Waals surface area contributed by atoms with Crippen LogP contribution in [0.25, 0.3) is 0 Å². The van der Waals surface area contributed by atoms with Gasteiger partial charge < -0.3 is 4.90 Å². The highest BCUT2D eigenvalue weighted by atomic mass is 32.2. The maximum Gasteiger partial charge on any atom is 0.150 e.